The summed E-state index contributed by atoms with van der Waals surface area (Å²) < 4.78 is 41.1. The van der Waals surface area contributed by atoms with E-state index in [9.17, 15) is 23.4 Å². The van der Waals surface area contributed by atoms with Gasteiger partial charge in [0, 0.05) is 0 Å². The molecule has 2 rings (SSSR count). The van der Waals surface area contributed by atoms with Crippen molar-refractivity contribution in [1.82, 2.24) is 0 Å². The molecule has 2 aromatic rings. The minimum atomic E-state index is -4.67. The third-order valence-electron chi connectivity index (χ3n) is 3.78. The van der Waals surface area contributed by atoms with E-state index in [4.69, 9.17) is 11.5 Å². The fourth-order valence-electron chi connectivity index (χ4n) is 2.20. The summed E-state index contributed by atoms with van der Waals surface area (Å²) in [5.74, 6) is -0.875. The van der Waals surface area contributed by atoms with Gasteiger partial charge in [-0.25, -0.2) is 0 Å². The number of halogens is 3. The average molecular weight is 312 g/mol. The van der Waals surface area contributed by atoms with E-state index in [0.717, 1.165) is 19.1 Å². The highest BCUT2D eigenvalue weighted by molar-refractivity contribution is 5.59. The van der Waals surface area contributed by atoms with Crippen LogP contribution in [0.15, 0.2) is 36.4 Å². The summed E-state index contributed by atoms with van der Waals surface area (Å²) in [6.45, 7) is 0.961. The monoisotopic (exact) mass is 312 g/mol. The lowest BCUT2D eigenvalue weighted by Gasteiger charge is -2.33. The number of aromatic hydroxyl groups is 2. The zero-order valence-corrected chi connectivity index (χ0v) is 11.6. The normalized spacial score (nSPS) is 12.4. The first-order chi connectivity index (χ1) is 10.1. The Kier molecular flexibility index (Phi) is 3.60. The predicted octanol–water partition coefficient (Wildman–Crippen LogP) is 3.13. The molecule has 0 aliphatic heterocycles. The van der Waals surface area contributed by atoms with Gasteiger partial charge < -0.3 is 21.7 Å². The van der Waals surface area contributed by atoms with Crippen LogP contribution in [0.25, 0.3) is 0 Å². The molecule has 0 saturated heterocycles. The molecule has 0 fully saturated rings. The first-order valence-electron chi connectivity index (χ1n) is 6.32. The lowest BCUT2D eigenvalue weighted by Crippen LogP contribution is -2.40. The van der Waals surface area contributed by atoms with E-state index in [1.165, 1.54) is 24.3 Å². The summed E-state index contributed by atoms with van der Waals surface area (Å²) in [5, 5.41) is 19.2. The number of nitrogens with two attached hydrogens (primary N) is 2. The van der Waals surface area contributed by atoms with Crippen LogP contribution in [0, 0.1) is 0 Å². The molecule has 0 unspecified atom stereocenters. The predicted molar refractivity (Wildman–Crippen MR) is 77.5 cm³/mol. The van der Waals surface area contributed by atoms with Crippen molar-refractivity contribution in [3.8, 4) is 11.5 Å². The molecule has 0 radical (unpaired) electrons. The van der Waals surface area contributed by atoms with Gasteiger partial charge in [-0.15, -0.1) is 0 Å². The Bertz CT molecular complexity index is 663. The van der Waals surface area contributed by atoms with Crippen molar-refractivity contribution >= 4 is 11.4 Å². The van der Waals surface area contributed by atoms with Crippen LogP contribution in [0.5, 0.6) is 11.5 Å². The summed E-state index contributed by atoms with van der Waals surface area (Å²) in [4.78, 5) is 0. The van der Waals surface area contributed by atoms with E-state index >= 15 is 0 Å². The number of phenols is 2. The third-order valence-corrected chi connectivity index (χ3v) is 3.78. The highest BCUT2D eigenvalue weighted by atomic mass is 19.4. The molecule has 2 aromatic carbocycles. The number of hydrogen-bond acceptors (Lipinski definition) is 4. The summed E-state index contributed by atoms with van der Waals surface area (Å²) in [6, 6.07) is 6.72. The van der Waals surface area contributed by atoms with E-state index < -0.39 is 23.1 Å². The third kappa shape index (κ3) is 2.38. The van der Waals surface area contributed by atoms with Gasteiger partial charge in [0.2, 0.25) is 0 Å². The van der Waals surface area contributed by atoms with Crippen LogP contribution in [0.2, 0.25) is 0 Å². The highest BCUT2D eigenvalue weighted by Crippen LogP contribution is 2.48. The Labute approximate surface area is 124 Å². The Morgan fingerprint density at radius 1 is 0.818 bits per heavy atom. The maximum atomic E-state index is 13.7. The molecule has 118 valence electrons. The van der Waals surface area contributed by atoms with Gasteiger partial charge in [-0.2, -0.15) is 13.2 Å². The Morgan fingerprint density at radius 2 is 1.18 bits per heavy atom. The van der Waals surface area contributed by atoms with Gasteiger partial charge in [-0.1, -0.05) is 12.1 Å². The van der Waals surface area contributed by atoms with Crippen LogP contribution >= 0.6 is 0 Å². The Balaban J connectivity index is 2.72. The molecule has 6 N–H and O–H groups in total. The van der Waals surface area contributed by atoms with Crippen LogP contribution < -0.4 is 11.5 Å². The molecule has 0 amide bonds. The minimum absolute atomic E-state index is 0.0200. The quantitative estimate of drug-likeness (QED) is 0.506. The first kappa shape index (κ1) is 15.8. The molecule has 7 heteroatoms. The van der Waals surface area contributed by atoms with Crippen molar-refractivity contribution in [2.24, 2.45) is 0 Å². The van der Waals surface area contributed by atoms with Crippen LogP contribution in [-0.2, 0) is 5.41 Å². The largest absolute Gasteiger partial charge is 0.506 e. The van der Waals surface area contributed by atoms with Crippen molar-refractivity contribution in [3.63, 3.8) is 0 Å². The Morgan fingerprint density at radius 3 is 1.45 bits per heavy atom. The number of benzene rings is 2. The average Bonchev–Trinajstić information content (AvgIpc) is 2.42. The van der Waals surface area contributed by atoms with Gasteiger partial charge in [0.15, 0.2) is 0 Å². The summed E-state index contributed by atoms with van der Waals surface area (Å²) in [5.41, 5.74) is 7.99. The maximum Gasteiger partial charge on any atom is 0.402 e. The molecule has 0 aliphatic rings. The number of alkyl halides is 3. The second-order valence-corrected chi connectivity index (χ2v) is 5.17. The van der Waals surface area contributed by atoms with E-state index in [1.807, 2.05) is 0 Å². The molecule has 0 heterocycles. The molecule has 0 saturated carbocycles. The van der Waals surface area contributed by atoms with E-state index in [1.54, 1.807) is 0 Å². The molecule has 0 atom stereocenters. The molecule has 22 heavy (non-hydrogen) atoms. The van der Waals surface area contributed by atoms with Gasteiger partial charge >= 0.3 is 6.18 Å². The van der Waals surface area contributed by atoms with Crippen molar-refractivity contribution < 1.29 is 23.4 Å². The van der Waals surface area contributed by atoms with E-state index in [-0.39, 0.29) is 22.5 Å². The maximum absolute atomic E-state index is 13.7. The van der Waals surface area contributed by atoms with E-state index in [0.29, 0.717) is 0 Å². The Hall–Kier alpha value is -2.57. The van der Waals surface area contributed by atoms with Crippen LogP contribution in [0.3, 0.4) is 0 Å². The zero-order chi connectivity index (χ0) is 16.7. The zero-order valence-electron chi connectivity index (χ0n) is 11.6. The summed E-state index contributed by atoms with van der Waals surface area (Å²) in [6.07, 6.45) is -4.67. The fourth-order valence-corrected chi connectivity index (χ4v) is 2.20. The summed E-state index contributed by atoms with van der Waals surface area (Å²) in [7, 11) is 0. The van der Waals surface area contributed by atoms with Crippen LogP contribution in [0.4, 0.5) is 24.5 Å². The molecule has 0 aromatic heterocycles. The SMILES string of the molecule is CC(c1ccc(N)c(O)c1)(c1ccc(N)c(O)c1)C(F)(F)F. The second kappa shape index (κ2) is 5.01. The number of rotatable bonds is 2. The van der Waals surface area contributed by atoms with Gasteiger partial charge in [-0.05, 0) is 42.3 Å². The van der Waals surface area contributed by atoms with Gasteiger partial charge in [0.1, 0.15) is 16.9 Å². The molecule has 0 bridgehead atoms. The van der Waals surface area contributed by atoms with Crippen molar-refractivity contribution in [2.45, 2.75) is 18.5 Å². The number of phenolic OH excluding ortho intramolecular Hbond substituents is 2. The number of anilines is 2. The standard InChI is InChI=1S/C15H15F3N2O2/c1-14(15(16,17)18,8-2-4-10(19)12(21)6-8)9-3-5-11(20)13(22)7-9/h2-7,21-22H,19-20H2,1H3. The summed E-state index contributed by atoms with van der Waals surface area (Å²) >= 11 is 0. The number of nitrogen functional groups attached to an aromatic ring is 2. The molecule has 0 spiro atoms. The van der Waals surface area contributed by atoms with Crippen molar-refractivity contribution in [1.29, 1.82) is 0 Å². The van der Waals surface area contributed by atoms with Crippen molar-refractivity contribution in [3.05, 3.63) is 47.5 Å². The minimum Gasteiger partial charge on any atom is -0.506 e. The van der Waals surface area contributed by atoms with E-state index in [2.05, 4.69) is 0 Å². The molecular weight excluding hydrogens is 297 g/mol. The van der Waals surface area contributed by atoms with Crippen molar-refractivity contribution in [2.75, 3.05) is 11.5 Å². The molecular formula is C15H15F3N2O2. The fraction of sp³-hybridized carbons (Fsp3) is 0.200. The molecule has 0 aliphatic carbocycles. The lowest BCUT2D eigenvalue weighted by molar-refractivity contribution is -0.173. The van der Waals surface area contributed by atoms with Gasteiger partial charge in [0.25, 0.3) is 0 Å². The molecule has 4 nitrogen and oxygen atoms in total. The second-order valence-electron chi connectivity index (χ2n) is 5.17. The lowest BCUT2D eigenvalue weighted by atomic mass is 9.75. The smallest absolute Gasteiger partial charge is 0.402 e. The first-order valence-corrected chi connectivity index (χ1v) is 6.32. The van der Waals surface area contributed by atoms with Gasteiger partial charge in [0.05, 0.1) is 11.4 Å². The number of hydrogen-bond donors (Lipinski definition) is 4. The highest BCUT2D eigenvalue weighted by Gasteiger charge is 2.53. The topological polar surface area (TPSA) is 92.5 Å². The van der Waals surface area contributed by atoms with Gasteiger partial charge in [-0.3, -0.25) is 0 Å². The van der Waals surface area contributed by atoms with Crippen LogP contribution in [-0.4, -0.2) is 16.4 Å². The van der Waals surface area contributed by atoms with Crippen LogP contribution in [0.1, 0.15) is 18.1 Å².